The van der Waals surface area contributed by atoms with Crippen molar-refractivity contribution in [3.63, 3.8) is 0 Å². The Hall–Kier alpha value is -2.06. The summed E-state index contributed by atoms with van der Waals surface area (Å²) in [4.78, 5) is 16.5. The van der Waals surface area contributed by atoms with Gasteiger partial charge in [-0.05, 0) is 17.5 Å². The third kappa shape index (κ3) is 3.53. The van der Waals surface area contributed by atoms with Crippen molar-refractivity contribution in [3.8, 4) is 6.07 Å². The van der Waals surface area contributed by atoms with Gasteiger partial charge in [0.05, 0.1) is 17.3 Å². The Morgan fingerprint density at radius 1 is 1.38 bits per heavy atom. The first kappa shape index (κ1) is 15.3. The zero-order valence-electron chi connectivity index (χ0n) is 12.3. The van der Waals surface area contributed by atoms with Gasteiger partial charge in [-0.1, -0.05) is 43.8 Å². The third-order valence-corrected chi connectivity index (χ3v) is 4.28. The standard InChI is InChI=1S/C16H17N3OS/c1-11(2)14-8-15(20)19(3)16(18-14)21-10-13-7-5-4-6-12(13)9-17/h4-8,11H,10H2,1-3H3. The molecule has 1 heterocycles. The van der Waals surface area contributed by atoms with Gasteiger partial charge in [0.25, 0.3) is 5.56 Å². The molecule has 0 atom stereocenters. The van der Waals surface area contributed by atoms with E-state index in [-0.39, 0.29) is 11.5 Å². The molecule has 0 saturated heterocycles. The number of hydrogen-bond acceptors (Lipinski definition) is 4. The molecule has 2 aromatic rings. The summed E-state index contributed by atoms with van der Waals surface area (Å²) in [6.45, 7) is 4.03. The van der Waals surface area contributed by atoms with Crippen LogP contribution in [0.4, 0.5) is 0 Å². The monoisotopic (exact) mass is 299 g/mol. The molecule has 4 nitrogen and oxygen atoms in total. The maximum absolute atomic E-state index is 12.0. The van der Waals surface area contributed by atoms with Gasteiger partial charge in [0.15, 0.2) is 5.16 Å². The molecule has 5 heteroatoms. The number of rotatable bonds is 4. The van der Waals surface area contributed by atoms with Crippen molar-refractivity contribution in [2.75, 3.05) is 0 Å². The van der Waals surface area contributed by atoms with Gasteiger partial charge in [0.1, 0.15) is 0 Å². The Bertz CT molecular complexity index is 744. The molecule has 0 fully saturated rings. The minimum atomic E-state index is -0.0511. The lowest BCUT2D eigenvalue weighted by Crippen LogP contribution is -2.20. The summed E-state index contributed by atoms with van der Waals surface area (Å²) < 4.78 is 1.55. The number of hydrogen-bond donors (Lipinski definition) is 0. The molecule has 21 heavy (non-hydrogen) atoms. The van der Waals surface area contributed by atoms with E-state index in [9.17, 15) is 4.79 Å². The molecule has 0 aliphatic carbocycles. The van der Waals surface area contributed by atoms with E-state index in [1.54, 1.807) is 23.7 Å². The normalized spacial score (nSPS) is 10.6. The second-order valence-corrected chi connectivity index (χ2v) is 6.02. The highest BCUT2D eigenvalue weighted by molar-refractivity contribution is 7.98. The van der Waals surface area contributed by atoms with Gasteiger partial charge in [0, 0.05) is 18.9 Å². The molecule has 0 saturated carbocycles. The Balaban J connectivity index is 2.28. The molecule has 2 rings (SSSR count). The molecule has 0 spiro atoms. The average molecular weight is 299 g/mol. The Labute approximate surface area is 128 Å². The smallest absolute Gasteiger partial charge is 0.254 e. The van der Waals surface area contributed by atoms with Crippen LogP contribution in [0.1, 0.15) is 36.6 Å². The van der Waals surface area contributed by atoms with E-state index < -0.39 is 0 Å². The van der Waals surface area contributed by atoms with Crippen LogP contribution in [0.5, 0.6) is 0 Å². The van der Waals surface area contributed by atoms with Crippen LogP contribution in [0.25, 0.3) is 0 Å². The molecule has 1 aromatic heterocycles. The number of nitrogens with zero attached hydrogens (tertiary/aromatic N) is 3. The van der Waals surface area contributed by atoms with Crippen LogP contribution >= 0.6 is 11.8 Å². The summed E-state index contributed by atoms with van der Waals surface area (Å²) in [5.41, 5.74) is 2.36. The van der Waals surface area contributed by atoms with Crippen LogP contribution in [0.15, 0.2) is 40.3 Å². The van der Waals surface area contributed by atoms with Crippen LogP contribution in [-0.4, -0.2) is 9.55 Å². The van der Waals surface area contributed by atoms with Gasteiger partial charge in [-0.25, -0.2) is 4.98 Å². The fourth-order valence-corrected chi connectivity index (χ4v) is 2.85. The van der Waals surface area contributed by atoms with Crippen LogP contribution in [-0.2, 0) is 12.8 Å². The van der Waals surface area contributed by atoms with Gasteiger partial charge < -0.3 is 0 Å². The molecular formula is C16H17N3OS. The largest absolute Gasteiger partial charge is 0.291 e. The molecule has 0 N–H and O–H groups in total. The minimum Gasteiger partial charge on any atom is -0.291 e. The zero-order valence-corrected chi connectivity index (χ0v) is 13.1. The van der Waals surface area contributed by atoms with Crippen LogP contribution in [0, 0.1) is 11.3 Å². The second-order valence-electron chi connectivity index (χ2n) is 5.07. The summed E-state index contributed by atoms with van der Waals surface area (Å²) >= 11 is 1.48. The Morgan fingerprint density at radius 3 is 2.76 bits per heavy atom. The first-order chi connectivity index (χ1) is 10.0. The van der Waals surface area contributed by atoms with Crippen molar-refractivity contribution in [1.82, 2.24) is 9.55 Å². The number of aromatic nitrogens is 2. The molecule has 0 aliphatic heterocycles. The van der Waals surface area contributed by atoms with Crippen molar-refractivity contribution in [3.05, 3.63) is 57.5 Å². The van der Waals surface area contributed by atoms with Crippen LogP contribution in [0.3, 0.4) is 0 Å². The van der Waals surface area contributed by atoms with E-state index in [4.69, 9.17) is 5.26 Å². The second kappa shape index (κ2) is 6.59. The molecule has 0 amide bonds. The highest BCUT2D eigenvalue weighted by atomic mass is 32.2. The van der Waals surface area contributed by atoms with E-state index in [0.717, 1.165) is 11.3 Å². The van der Waals surface area contributed by atoms with Crippen LogP contribution < -0.4 is 5.56 Å². The maximum Gasteiger partial charge on any atom is 0.254 e. The molecule has 0 radical (unpaired) electrons. The van der Waals surface area contributed by atoms with E-state index in [1.165, 1.54) is 11.8 Å². The predicted molar refractivity (Wildman–Crippen MR) is 84.3 cm³/mol. The lowest BCUT2D eigenvalue weighted by atomic mass is 10.1. The molecular weight excluding hydrogens is 282 g/mol. The summed E-state index contributed by atoms with van der Waals surface area (Å²) in [6.07, 6.45) is 0. The van der Waals surface area contributed by atoms with Gasteiger partial charge >= 0.3 is 0 Å². The fourth-order valence-electron chi connectivity index (χ4n) is 1.86. The van der Waals surface area contributed by atoms with E-state index in [1.807, 2.05) is 32.0 Å². The number of thioether (sulfide) groups is 1. The van der Waals surface area contributed by atoms with Crippen molar-refractivity contribution in [1.29, 1.82) is 5.26 Å². The molecule has 1 aromatic carbocycles. The summed E-state index contributed by atoms with van der Waals surface area (Å²) in [5, 5.41) is 9.78. The van der Waals surface area contributed by atoms with E-state index in [2.05, 4.69) is 11.1 Å². The summed E-state index contributed by atoms with van der Waals surface area (Å²) in [7, 11) is 1.72. The van der Waals surface area contributed by atoms with Gasteiger partial charge in [0.2, 0.25) is 0 Å². The zero-order chi connectivity index (χ0) is 15.4. The topological polar surface area (TPSA) is 58.7 Å². The highest BCUT2D eigenvalue weighted by Crippen LogP contribution is 2.23. The minimum absolute atomic E-state index is 0.0511. The predicted octanol–water partition coefficient (Wildman–Crippen LogP) is 3.07. The number of nitriles is 1. The highest BCUT2D eigenvalue weighted by Gasteiger charge is 2.10. The molecule has 0 bridgehead atoms. The number of benzene rings is 1. The maximum atomic E-state index is 12.0. The van der Waals surface area contributed by atoms with Gasteiger partial charge in [-0.2, -0.15) is 5.26 Å². The van der Waals surface area contributed by atoms with E-state index in [0.29, 0.717) is 16.5 Å². The Morgan fingerprint density at radius 2 is 2.10 bits per heavy atom. The van der Waals surface area contributed by atoms with Crippen molar-refractivity contribution in [2.24, 2.45) is 7.05 Å². The van der Waals surface area contributed by atoms with Crippen molar-refractivity contribution in [2.45, 2.75) is 30.7 Å². The lowest BCUT2D eigenvalue weighted by Gasteiger charge is -2.11. The first-order valence-corrected chi connectivity index (χ1v) is 7.70. The Kier molecular flexibility index (Phi) is 4.81. The van der Waals surface area contributed by atoms with Crippen LogP contribution in [0.2, 0.25) is 0 Å². The average Bonchev–Trinajstić information content (AvgIpc) is 2.48. The van der Waals surface area contributed by atoms with Crippen molar-refractivity contribution >= 4 is 11.8 Å². The van der Waals surface area contributed by atoms with E-state index >= 15 is 0 Å². The fraction of sp³-hybridized carbons (Fsp3) is 0.312. The summed E-state index contributed by atoms with van der Waals surface area (Å²) in [5.74, 6) is 0.829. The third-order valence-electron chi connectivity index (χ3n) is 3.20. The van der Waals surface area contributed by atoms with Gasteiger partial charge in [-0.3, -0.25) is 9.36 Å². The lowest BCUT2D eigenvalue weighted by molar-refractivity contribution is 0.668. The van der Waals surface area contributed by atoms with Gasteiger partial charge in [-0.15, -0.1) is 0 Å². The van der Waals surface area contributed by atoms with Crippen molar-refractivity contribution < 1.29 is 0 Å². The molecule has 0 aliphatic rings. The molecule has 108 valence electrons. The quantitative estimate of drug-likeness (QED) is 0.643. The SMILES string of the molecule is CC(C)c1cc(=O)n(C)c(SCc2ccccc2C#N)n1. The molecule has 0 unspecified atom stereocenters. The first-order valence-electron chi connectivity index (χ1n) is 6.71. The summed E-state index contributed by atoms with van der Waals surface area (Å²) in [6, 6.07) is 11.2.